The fourth-order valence-corrected chi connectivity index (χ4v) is 2.11. The van der Waals surface area contributed by atoms with Crippen LogP contribution in [0.3, 0.4) is 0 Å². The van der Waals surface area contributed by atoms with Crippen LogP contribution in [0.4, 0.5) is 38.4 Å². The second-order valence-electron chi connectivity index (χ2n) is 5.69. The molecule has 1 aromatic carbocycles. The van der Waals surface area contributed by atoms with Crippen molar-refractivity contribution in [3.05, 3.63) is 83.7 Å². The molecule has 3 rings (SSSR count). The number of benzene rings is 1. The van der Waals surface area contributed by atoms with Gasteiger partial charge in [-0.25, -0.2) is 0 Å². The van der Waals surface area contributed by atoms with E-state index in [4.69, 9.17) is 0 Å². The number of pyridine rings is 2. The summed E-state index contributed by atoms with van der Waals surface area (Å²) in [6, 6.07) is 16.4. The van der Waals surface area contributed by atoms with Gasteiger partial charge < -0.3 is 0 Å². The van der Waals surface area contributed by atoms with Crippen LogP contribution in [0.5, 0.6) is 0 Å². The van der Waals surface area contributed by atoms with E-state index >= 15 is 0 Å². The van der Waals surface area contributed by atoms with Gasteiger partial charge in [-0.1, -0.05) is 5.92 Å². The number of aromatic nitrogens is 1. The van der Waals surface area contributed by atoms with E-state index < -0.39 is 19.5 Å². The van der Waals surface area contributed by atoms with Gasteiger partial charge in [0.05, 0.1) is 5.56 Å². The molecule has 1 nitrogen and oxygen atoms in total. The van der Waals surface area contributed by atoms with Crippen LogP contribution >= 0.6 is 7.81 Å². The van der Waals surface area contributed by atoms with Crippen LogP contribution in [0.15, 0.2) is 66.9 Å². The Morgan fingerprint density at radius 3 is 1.79 bits per heavy atom. The van der Waals surface area contributed by atoms with E-state index in [0.29, 0.717) is 5.56 Å². The Kier molecular flexibility index (Phi) is 5.37. The van der Waals surface area contributed by atoms with Gasteiger partial charge in [-0.3, -0.25) is 0 Å². The van der Waals surface area contributed by atoms with Crippen molar-refractivity contribution < 1.29 is 42.8 Å². The molecule has 0 N–H and O–H groups in total. The molecule has 0 unspecified atom stereocenters. The molecule has 0 saturated heterocycles. The van der Waals surface area contributed by atoms with Gasteiger partial charge in [0.1, 0.15) is 0 Å². The molecule has 0 saturated carbocycles. The molecule has 156 valence electrons. The van der Waals surface area contributed by atoms with E-state index in [1.165, 1.54) is 12.1 Å². The van der Waals surface area contributed by atoms with E-state index in [1.54, 1.807) is 0 Å². The average molecular weight is 443 g/mol. The summed E-state index contributed by atoms with van der Waals surface area (Å²) in [6.45, 7) is 0. The Morgan fingerprint density at radius 1 is 0.690 bits per heavy atom. The molecule has 0 aliphatic heterocycles. The molecular weight excluding hydrogens is 432 g/mol. The van der Waals surface area contributed by atoms with Crippen molar-refractivity contribution in [2.45, 2.75) is 6.18 Å². The molecule has 0 aliphatic carbocycles. The Morgan fingerprint density at radius 2 is 1.24 bits per heavy atom. The van der Waals surface area contributed by atoms with Crippen molar-refractivity contribution in [3.8, 4) is 11.8 Å². The molecule has 0 aliphatic rings. The summed E-state index contributed by atoms with van der Waals surface area (Å²) in [7, 11) is -10.7. The third-order valence-corrected chi connectivity index (χ3v) is 3.22. The predicted octanol–water partition coefficient (Wildman–Crippen LogP) is 7.23. The van der Waals surface area contributed by atoms with Crippen molar-refractivity contribution in [1.29, 1.82) is 0 Å². The quantitative estimate of drug-likeness (QED) is 0.149. The van der Waals surface area contributed by atoms with Gasteiger partial charge in [0.15, 0.2) is 6.20 Å². The topological polar surface area (TPSA) is 4.10 Å². The first kappa shape index (κ1) is 22.5. The molecule has 2 heterocycles. The van der Waals surface area contributed by atoms with Crippen molar-refractivity contribution in [1.82, 2.24) is 0 Å². The number of halogens is 9. The fourth-order valence-electron chi connectivity index (χ4n) is 2.11. The Labute approximate surface area is 158 Å². The zero-order valence-corrected chi connectivity index (χ0v) is 15.0. The minimum atomic E-state index is -10.7. The third kappa shape index (κ3) is 8.83. The van der Waals surface area contributed by atoms with E-state index in [2.05, 4.69) is 11.8 Å². The summed E-state index contributed by atoms with van der Waals surface area (Å²) in [4.78, 5) is 0. The summed E-state index contributed by atoms with van der Waals surface area (Å²) in [5, 5.41) is 0. The molecular formula is C18H11F9NP. The van der Waals surface area contributed by atoms with Gasteiger partial charge in [0.2, 0.25) is 5.52 Å². The monoisotopic (exact) mass is 443 g/mol. The maximum absolute atomic E-state index is 12.5. The van der Waals surface area contributed by atoms with Gasteiger partial charge in [-0.15, -0.1) is 0 Å². The van der Waals surface area contributed by atoms with Crippen LogP contribution < -0.4 is 4.40 Å². The van der Waals surface area contributed by atoms with Crippen LogP contribution in [0.1, 0.15) is 16.8 Å². The van der Waals surface area contributed by atoms with Gasteiger partial charge in [0.25, 0.3) is 5.69 Å². The molecule has 0 spiro atoms. The summed E-state index contributed by atoms with van der Waals surface area (Å²) in [6.07, 6.45) is -2.43. The van der Waals surface area contributed by atoms with E-state index in [9.17, 15) is 38.4 Å². The molecule has 0 fully saturated rings. The Bertz CT molecular complexity index is 1060. The van der Waals surface area contributed by atoms with Crippen LogP contribution in [-0.4, -0.2) is 0 Å². The number of hydrogen-bond acceptors (Lipinski definition) is 0. The second kappa shape index (κ2) is 6.92. The molecule has 0 radical (unpaired) electrons. The Hall–Kier alpha value is -2.79. The molecule has 0 bridgehead atoms. The summed E-state index contributed by atoms with van der Waals surface area (Å²) >= 11 is 0. The van der Waals surface area contributed by atoms with E-state index in [-0.39, 0.29) is 0 Å². The number of nitrogens with zero attached hydrogens (tertiary/aromatic N) is 1. The Balaban J connectivity index is 0.000000370. The normalized spacial score (nSPS) is 14.0. The average Bonchev–Trinajstić information content (AvgIpc) is 2.57. The fraction of sp³-hybridized carbons (Fsp3) is 0.0556. The van der Waals surface area contributed by atoms with Crippen molar-refractivity contribution in [2.75, 3.05) is 0 Å². The van der Waals surface area contributed by atoms with Crippen LogP contribution in [-0.2, 0) is 6.18 Å². The molecule has 2 aromatic heterocycles. The van der Waals surface area contributed by atoms with Gasteiger partial charge in [-0.2, -0.15) is 17.6 Å². The van der Waals surface area contributed by atoms with E-state index in [0.717, 1.165) is 23.3 Å². The summed E-state index contributed by atoms with van der Waals surface area (Å²) < 4.78 is 98.6. The third-order valence-electron chi connectivity index (χ3n) is 3.22. The molecule has 3 aromatic rings. The standard InChI is InChI=1S/C18H11F3N.F6P/c19-18(20,21)15-10-7-14(8-11-15)9-12-17-6-3-5-16-4-1-2-13-22(16)17;1-7(2,3,4,5)6/h1-8,10-11,13H;/q+1;-1. The van der Waals surface area contributed by atoms with Crippen molar-refractivity contribution >= 4 is 13.3 Å². The first-order valence-corrected chi connectivity index (χ1v) is 9.67. The summed E-state index contributed by atoms with van der Waals surface area (Å²) in [5.74, 6) is 5.89. The van der Waals surface area contributed by atoms with E-state index in [1.807, 2.05) is 47.0 Å². The molecule has 29 heavy (non-hydrogen) atoms. The molecule has 0 amide bonds. The van der Waals surface area contributed by atoms with Crippen molar-refractivity contribution in [2.24, 2.45) is 0 Å². The van der Waals surface area contributed by atoms with Gasteiger partial charge >= 0.3 is 39.2 Å². The van der Waals surface area contributed by atoms with Crippen molar-refractivity contribution in [3.63, 3.8) is 0 Å². The zero-order chi connectivity index (χ0) is 22.0. The van der Waals surface area contributed by atoms with Gasteiger partial charge in [-0.05, 0) is 36.4 Å². The maximum atomic E-state index is 12.5. The number of alkyl halides is 3. The number of fused-ring (bicyclic) bond motifs is 1. The second-order valence-corrected chi connectivity index (χ2v) is 7.61. The van der Waals surface area contributed by atoms with Crippen LogP contribution in [0.2, 0.25) is 0 Å². The molecule has 0 atom stereocenters. The minimum absolute atomic E-state index is 0.543. The van der Waals surface area contributed by atoms with Crippen LogP contribution in [0.25, 0.3) is 5.52 Å². The summed E-state index contributed by atoms with van der Waals surface area (Å²) in [5.41, 5.74) is 1.65. The SMILES string of the molecule is FC(F)(F)c1ccc(C#Cc2cccc3cccc[n+]23)cc1.F[P-](F)(F)(F)(F)F. The number of hydrogen-bond donors (Lipinski definition) is 0. The predicted molar refractivity (Wildman–Crippen MR) is 90.6 cm³/mol. The van der Waals surface area contributed by atoms with Crippen LogP contribution in [0, 0.1) is 11.8 Å². The first-order chi connectivity index (χ1) is 13.0. The zero-order valence-electron chi connectivity index (χ0n) is 14.1. The first-order valence-electron chi connectivity index (χ1n) is 7.64. The number of rotatable bonds is 0. The molecule has 11 heteroatoms. The van der Waals surface area contributed by atoms with Gasteiger partial charge in [0, 0.05) is 35.7 Å².